The minimum absolute atomic E-state index is 0.0757. The van der Waals surface area contributed by atoms with Crippen molar-refractivity contribution >= 4 is 38.5 Å². The molecule has 3 aliphatic rings. The Hall–Kier alpha value is -4.14. The van der Waals surface area contributed by atoms with Gasteiger partial charge in [0.2, 0.25) is 10.0 Å². The predicted octanol–water partition coefficient (Wildman–Crippen LogP) is 4.64. The molecule has 0 saturated carbocycles. The number of nitrogens with one attached hydrogen (secondary N) is 2. The Labute approximate surface area is 281 Å². The summed E-state index contributed by atoms with van der Waals surface area (Å²) < 4.78 is 74.2. The average molecular weight is 705 g/mol. The van der Waals surface area contributed by atoms with Gasteiger partial charge in [-0.2, -0.15) is 27.8 Å². The lowest BCUT2D eigenvalue weighted by molar-refractivity contribution is -0.148. The largest absolute Gasteiger partial charge is 0.444 e. The average Bonchev–Trinajstić information content (AvgIpc) is 3.51. The van der Waals surface area contributed by atoms with E-state index in [2.05, 4.69) is 16.4 Å². The highest BCUT2D eigenvalue weighted by atomic mass is 32.2. The van der Waals surface area contributed by atoms with Gasteiger partial charge in [0.05, 0.1) is 35.0 Å². The molecule has 3 aliphatic heterocycles. The van der Waals surface area contributed by atoms with Crippen molar-refractivity contribution in [1.82, 2.24) is 28.9 Å². The van der Waals surface area contributed by atoms with E-state index in [0.717, 1.165) is 0 Å². The summed E-state index contributed by atoms with van der Waals surface area (Å²) in [7, 11) is -3.85. The number of carbonyl (C=O) groups excluding carboxylic acids is 1. The predicted molar refractivity (Wildman–Crippen MR) is 174 cm³/mol. The molecular weight excluding hydrogens is 665 g/mol. The molecule has 0 atom stereocenters. The Balaban J connectivity index is 1.24. The molecule has 13 nitrogen and oxygen atoms in total. The van der Waals surface area contributed by atoms with Crippen molar-refractivity contribution in [1.29, 1.82) is 5.26 Å². The van der Waals surface area contributed by atoms with Crippen molar-refractivity contribution in [3.63, 3.8) is 0 Å². The maximum absolute atomic E-state index is 13.5. The number of rotatable bonds is 6. The number of alkyl halides is 3. The third-order valence-corrected chi connectivity index (χ3v) is 11.4. The second-order valence-corrected chi connectivity index (χ2v) is 15.8. The van der Waals surface area contributed by atoms with Gasteiger partial charge in [-0.1, -0.05) is 0 Å². The van der Waals surface area contributed by atoms with Gasteiger partial charge in [-0.3, -0.25) is 14.4 Å². The van der Waals surface area contributed by atoms with Gasteiger partial charge in [-0.05, 0) is 76.3 Å². The molecule has 0 radical (unpaired) electrons. The number of fused-ring (bicyclic) bond motifs is 2. The minimum Gasteiger partial charge on any atom is -0.444 e. The number of anilines is 2. The van der Waals surface area contributed by atoms with Crippen LogP contribution < -0.4 is 10.9 Å². The number of likely N-dealkylation sites (tertiary alicyclic amines) is 2. The topological polar surface area (TPSA) is 157 Å². The maximum Gasteiger partial charge on any atom is 0.410 e. The van der Waals surface area contributed by atoms with E-state index in [1.54, 1.807) is 48.6 Å². The number of piperidine rings is 2. The van der Waals surface area contributed by atoms with Crippen molar-refractivity contribution in [2.45, 2.75) is 87.7 Å². The second-order valence-electron chi connectivity index (χ2n) is 14.0. The molecule has 5 heterocycles. The summed E-state index contributed by atoms with van der Waals surface area (Å²) in [6.45, 7) is 5.38. The van der Waals surface area contributed by atoms with Crippen LogP contribution in [0.25, 0.3) is 10.9 Å². The number of nitrogens with zero attached hydrogens (tertiary/aromatic N) is 6. The Kier molecular flexibility index (Phi) is 8.95. The van der Waals surface area contributed by atoms with Crippen molar-refractivity contribution in [3.05, 3.63) is 46.4 Å². The number of nitriles is 1. The van der Waals surface area contributed by atoms with Gasteiger partial charge in [0.1, 0.15) is 11.0 Å². The Morgan fingerprint density at radius 2 is 1.84 bits per heavy atom. The Morgan fingerprint density at radius 3 is 2.47 bits per heavy atom. The van der Waals surface area contributed by atoms with Gasteiger partial charge in [0.25, 0.3) is 5.56 Å². The molecule has 2 saturated heterocycles. The molecule has 1 aromatic carbocycles. The first-order chi connectivity index (χ1) is 23.0. The van der Waals surface area contributed by atoms with Gasteiger partial charge in [0.15, 0.2) is 5.82 Å². The number of sulfonamides is 1. The molecule has 49 heavy (non-hydrogen) atoms. The summed E-state index contributed by atoms with van der Waals surface area (Å²) in [5.41, 5.74) is -0.373. The van der Waals surface area contributed by atoms with Crippen molar-refractivity contribution in [3.8, 4) is 6.07 Å². The van der Waals surface area contributed by atoms with E-state index < -0.39 is 51.6 Å². The van der Waals surface area contributed by atoms with Gasteiger partial charge in [0, 0.05) is 50.6 Å². The quantitative estimate of drug-likeness (QED) is 0.373. The van der Waals surface area contributed by atoms with Gasteiger partial charge in [-0.15, -0.1) is 0 Å². The lowest BCUT2D eigenvalue weighted by Gasteiger charge is -2.41. The van der Waals surface area contributed by atoms with Crippen molar-refractivity contribution < 1.29 is 31.1 Å². The van der Waals surface area contributed by atoms with Crippen LogP contribution in [0, 0.1) is 11.3 Å². The van der Waals surface area contributed by atoms with Gasteiger partial charge < -0.3 is 19.9 Å². The molecule has 0 aliphatic carbocycles. The lowest BCUT2D eigenvalue weighted by Crippen LogP contribution is -2.49. The van der Waals surface area contributed by atoms with Crippen LogP contribution in [0.1, 0.15) is 58.4 Å². The number of H-pyrrole nitrogens is 1. The molecule has 1 amide bonds. The molecule has 0 unspecified atom stereocenters. The summed E-state index contributed by atoms with van der Waals surface area (Å²) in [5.74, 6) is 0.221. The molecule has 0 bridgehead atoms. The third-order valence-electron chi connectivity index (χ3n) is 9.41. The molecular formula is C32H39F3N8O5S. The third kappa shape index (κ3) is 6.99. The molecule has 6 rings (SSSR count). The number of amides is 1. The zero-order chi connectivity index (χ0) is 35.4. The molecule has 2 aromatic heterocycles. The number of halogens is 3. The van der Waals surface area contributed by atoms with Crippen LogP contribution >= 0.6 is 0 Å². The highest BCUT2D eigenvalue weighted by molar-refractivity contribution is 7.89. The summed E-state index contributed by atoms with van der Waals surface area (Å²) in [5, 5.41) is 18.1. The van der Waals surface area contributed by atoms with Crippen LogP contribution in [0.5, 0.6) is 0 Å². The number of ether oxygens (including phenoxy) is 1. The number of pyridine rings is 1. The molecule has 17 heteroatoms. The standard InChI is InChI=1S/C32H39F3N8O5S/c1-30(2,3)48-29(45)41-16-10-31(9-12-36,11-17-41)43-24-6-13-37-28(44)26(24)27(39-43)38-22-4-5-25-21(18-22)19-42(49(25,46)47)23-7-14-40(15-8-23)20-32(33,34)35/h4-6,13,18,23H,7-11,14-17,19-20H2,1-3H3,(H,37,44)(H,38,39). The number of aromatic nitrogens is 3. The van der Waals surface area contributed by atoms with Crippen LogP contribution in [-0.4, -0.2) is 93.9 Å². The van der Waals surface area contributed by atoms with Crippen LogP contribution in [0.4, 0.5) is 29.5 Å². The Bertz CT molecular complexity index is 1950. The normalized spacial score (nSPS) is 20.2. The van der Waals surface area contributed by atoms with Gasteiger partial charge in [-0.25, -0.2) is 13.2 Å². The fourth-order valence-corrected chi connectivity index (χ4v) is 8.92. The van der Waals surface area contributed by atoms with E-state index in [4.69, 9.17) is 9.84 Å². The fourth-order valence-electron chi connectivity index (χ4n) is 7.06. The van der Waals surface area contributed by atoms with E-state index in [1.807, 2.05) is 0 Å². The SMILES string of the molecule is CC(C)(C)OC(=O)N1CCC(CC#N)(n2nc(Nc3ccc4c(c3)CN(C3CCN(CC(F)(F)F)CC3)S4(=O)=O)c3c(=O)[nH]ccc32)CC1. The van der Waals surface area contributed by atoms with Crippen LogP contribution in [0.2, 0.25) is 0 Å². The van der Waals surface area contributed by atoms with E-state index in [9.17, 15) is 36.4 Å². The van der Waals surface area contributed by atoms with Crippen LogP contribution in [-0.2, 0) is 26.8 Å². The van der Waals surface area contributed by atoms with E-state index in [0.29, 0.717) is 55.5 Å². The summed E-state index contributed by atoms with van der Waals surface area (Å²) in [6.07, 6.45) is -1.79. The van der Waals surface area contributed by atoms with Crippen LogP contribution in [0.15, 0.2) is 40.2 Å². The maximum atomic E-state index is 13.5. The zero-order valence-corrected chi connectivity index (χ0v) is 28.3. The smallest absolute Gasteiger partial charge is 0.410 e. The lowest BCUT2D eigenvalue weighted by atomic mass is 9.85. The van der Waals surface area contributed by atoms with Crippen molar-refractivity contribution in [2.24, 2.45) is 0 Å². The fraction of sp³-hybridized carbons (Fsp3) is 0.562. The number of hydrogen-bond donors (Lipinski definition) is 2. The van der Waals surface area contributed by atoms with E-state index in [-0.39, 0.29) is 42.2 Å². The number of aromatic amines is 1. The number of hydrogen-bond acceptors (Lipinski definition) is 9. The molecule has 264 valence electrons. The zero-order valence-electron chi connectivity index (χ0n) is 27.5. The first-order valence-corrected chi connectivity index (χ1v) is 17.6. The summed E-state index contributed by atoms with van der Waals surface area (Å²) >= 11 is 0. The summed E-state index contributed by atoms with van der Waals surface area (Å²) in [4.78, 5) is 31.6. The highest BCUT2D eigenvalue weighted by Gasteiger charge is 2.43. The van der Waals surface area contributed by atoms with E-state index in [1.165, 1.54) is 21.5 Å². The highest BCUT2D eigenvalue weighted by Crippen LogP contribution is 2.40. The van der Waals surface area contributed by atoms with E-state index >= 15 is 0 Å². The molecule has 2 fully saturated rings. The molecule has 2 N–H and O–H groups in total. The molecule has 0 spiro atoms. The minimum atomic E-state index is -4.31. The number of benzene rings is 1. The first-order valence-electron chi connectivity index (χ1n) is 16.2. The Morgan fingerprint density at radius 1 is 1.14 bits per heavy atom. The first kappa shape index (κ1) is 34.7. The van der Waals surface area contributed by atoms with Crippen molar-refractivity contribution in [2.75, 3.05) is 38.0 Å². The monoisotopic (exact) mass is 704 g/mol. The second kappa shape index (κ2) is 12.6. The summed E-state index contributed by atoms with van der Waals surface area (Å²) in [6, 6.07) is 8.29. The molecule has 3 aromatic rings. The van der Waals surface area contributed by atoms with Crippen LogP contribution in [0.3, 0.4) is 0 Å². The number of carbonyl (C=O) groups is 1. The van der Waals surface area contributed by atoms with Gasteiger partial charge >= 0.3 is 12.3 Å².